The van der Waals surface area contributed by atoms with Crippen LogP contribution in [-0.4, -0.2) is 22.3 Å². The van der Waals surface area contributed by atoms with Crippen molar-refractivity contribution in [1.82, 2.24) is 0 Å². The third kappa shape index (κ3) is 1.64. The molecule has 5 saturated carbocycles. The van der Waals surface area contributed by atoms with E-state index in [1.54, 1.807) is 0 Å². The molecule has 3 nitrogen and oxygen atoms in total. The lowest BCUT2D eigenvalue weighted by atomic mass is 9.48. The molecule has 0 aromatic rings. The van der Waals surface area contributed by atoms with Crippen LogP contribution in [0.2, 0.25) is 0 Å². The van der Waals surface area contributed by atoms with Gasteiger partial charge in [-0.05, 0) is 75.5 Å². The largest absolute Gasteiger partial charge is 0.456 e. The van der Waals surface area contributed by atoms with Crippen LogP contribution < -0.4 is 0 Å². The summed E-state index contributed by atoms with van der Waals surface area (Å²) in [5.74, 6) is 2.62. The Hall–Kier alpha value is -0.830. The zero-order chi connectivity index (χ0) is 15.1. The fourth-order valence-electron chi connectivity index (χ4n) is 6.69. The highest BCUT2D eigenvalue weighted by Crippen LogP contribution is 2.61. The number of esters is 1. The number of carbonyl (C=O) groups excluding carboxylic acids is 1. The van der Waals surface area contributed by atoms with Crippen LogP contribution >= 0.6 is 0 Å². The summed E-state index contributed by atoms with van der Waals surface area (Å²) >= 11 is 0. The molecule has 5 fully saturated rings. The summed E-state index contributed by atoms with van der Waals surface area (Å²) in [6.45, 7) is 2.02. The molecule has 120 valence electrons. The fourth-order valence-corrected chi connectivity index (χ4v) is 6.69. The molecule has 3 heteroatoms. The Morgan fingerprint density at radius 1 is 1.09 bits per heavy atom. The summed E-state index contributed by atoms with van der Waals surface area (Å²) in [6, 6.07) is 0. The van der Waals surface area contributed by atoms with E-state index in [1.165, 1.54) is 6.42 Å². The summed E-state index contributed by atoms with van der Waals surface area (Å²) in [7, 11) is 0. The van der Waals surface area contributed by atoms with Gasteiger partial charge >= 0.3 is 5.97 Å². The molecule has 0 radical (unpaired) electrons. The first-order valence-corrected chi connectivity index (χ1v) is 9.10. The smallest absolute Gasteiger partial charge is 0.310 e. The second-order valence-corrected chi connectivity index (χ2v) is 8.99. The van der Waals surface area contributed by atoms with Gasteiger partial charge in [-0.3, -0.25) is 4.79 Å². The fraction of sp³-hybridized carbons (Fsp3) is 0.842. The third-order valence-corrected chi connectivity index (χ3v) is 7.75. The topological polar surface area (TPSA) is 46.5 Å². The van der Waals surface area contributed by atoms with Crippen molar-refractivity contribution in [2.75, 3.05) is 0 Å². The summed E-state index contributed by atoms with van der Waals surface area (Å²) in [4.78, 5) is 12.8. The first-order valence-electron chi connectivity index (χ1n) is 9.10. The average Bonchev–Trinajstić information content (AvgIpc) is 3.06. The van der Waals surface area contributed by atoms with Crippen molar-refractivity contribution < 1.29 is 14.6 Å². The molecular weight excluding hydrogens is 276 g/mol. The van der Waals surface area contributed by atoms with E-state index in [-0.39, 0.29) is 11.9 Å². The number of hydrogen-bond acceptors (Lipinski definition) is 3. The van der Waals surface area contributed by atoms with Gasteiger partial charge in [-0.15, -0.1) is 0 Å². The highest BCUT2D eigenvalue weighted by molar-refractivity contribution is 5.74. The molecule has 6 bridgehead atoms. The number of ether oxygens (including phenoxy) is 1. The van der Waals surface area contributed by atoms with Crippen LogP contribution in [0.4, 0.5) is 0 Å². The van der Waals surface area contributed by atoms with Gasteiger partial charge < -0.3 is 9.84 Å². The van der Waals surface area contributed by atoms with Gasteiger partial charge in [-0.2, -0.15) is 0 Å². The summed E-state index contributed by atoms with van der Waals surface area (Å²) < 4.78 is 6.13. The Kier molecular flexibility index (Phi) is 2.58. The third-order valence-electron chi connectivity index (χ3n) is 7.75. The molecule has 6 aliphatic carbocycles. The minimum Gasteiger partial charge on any atom is -0.456 e. The van der Waals surface area contributed by atoms with E-state index >= 15 is 0 Å². The molecule has 6 rings (SSSR count). The SMILES string of the molecule is CC1(OC(=O)C2CC3C=CC2C3)C2CC3CC(C2)CC1(O)C3. The molecule has 0 saturated heterocycles. The Morgan fingerprint density at radius 3 is 2.36 bits per heavy atom. The molecule has 0 spiro atoms. The Balaban J connectivity index is 1.40. The minimum atomic E-state index is -0.773. The summed E-state index contributed by atoms with van der Waals surface area (Å²) in [5, 5.41) is 11.3. The molecular formula is C19H26O3. The summed E-state index contributed by atoms with van der Waals surface area (Å²) in [6.07, 6.45) is 11.7. The van der Waals surface area contributed by atoms with Crippen LogP contribution in [0.25, 0.3) is 0 Å². The van der Waals surface area contributed by atoms with Crippen LogP contribution in [0.15, 0.2) is 12.2 Å². The van der Waals surface area contributed by atoms with Crippen LogP contribution in [0.3, 0.4) is 0 Å². The molecule has 6 aliphatic rings. The zero-order valence-corrected chi connectivity index (χ0v) is 13.3. The van der Waals surface area contributed by atoms with Gasteiger partial charge in [-0.25, -0.2) is 0 Å². The molecule has 0 heterocycles. The Morgan fingerprint density at radius 2 is 1.82 bits per heavy atom. The van der Waals surface area contributed by atoms with E-state index in [0.29, 0.717) is 29.6 Å². The minimum absolute atomic E-state index is 0.0348. The van der Waals surface area contributed by atoms with Crippen molar-refractivity contribution >= 4 is 5.97 Å². The standard InChI is InChI=1S/C19H26O3/c1-18(22-17(20)16-8-11-2-3-14(16)5-11)15-6-12-4-13(7-15)10-19(18,21)9-12/h2-3,11-16,21H,4-10H2,1H3. The normalized spacial score (nSPS) is 57.5. The van der Waals surface area contributed by atoms with Crippen molar-refractivity contribution in [3.8, 4) is 0 Å². The maximum absolute atomic E-state index is 12.8. The number of allylic oxidation sites excluding steroid dienone is 2. The van der Waals surface area contributed by atoms with E-state index < -0.39 is 11.2 Å². The van der Waals surface area contributed by atoms with E-state index in [1.807, 2.05) is 6.92 Å². The first-order chi connectivity index (χ1) is 10.5. The molecule has 0 amide bonds. The van der Waals surface area contributed by atoms with E-state index in [9.17, 15) is 9.90 Å². The maximum atomic E-state index is 12.8. The molecule has 6 unspecified atom stereocenters. The van der Waals surface area contributed by atoms with Gasteiger partial charge in [0.15, 0.2) is 0 Å². The van der Waals surface area contributed by atoms with Gasteiger partial charge in [0.25, 0.3) is 0 Å². The Bertz CT molecular complexity index is 539. The lowest BCUT2D eigenvalue weighted by Crippen LogP contribution is -2.69. The van der Waals surface area contributed by atoms with Gasteiger partial charge in [0.1, 0.15) is 11.2 Å². The van der Waals surface area contributed by atoms with Crippen molar-refractivity contribution in [3.63, 3.8) is 0 Å². The number of aliphatic hydroxyl groups is 1. The van der Waals surface area contributed by atoms with Crippen LogP contribution in [-0.2, 0) is 9.53 Å². The first kappa shape index (κ1) is 13.6. The highest BCUT2D eigenvalue weighted by atomic mass is 16.6. The lowest BCUT2D eigenvalue weighted by Gasteiger charge is -2.63. The quantitative estimate of drug-likeness (QED) is 0.630. The summed E-state index contributed by atoms with van der Waals surface area (Å²) in [5.41, 5.74) is -1.42. The van der Waals surface area contributed by atoms with Gasteiger partial charge in [0, 0.05) is 5.92 Å². The average molecular weight is 302 g/mol. The molecule has 1 N–H and O–H groups in total. The van der Waals surface area contributed by atoms with Crippen molar-refractivity contribution in [2.45, 2.75) is 63.1 Å². The lowest BCUT2D eigenvalue weighted by molar-refractivity contribution is -0.271. The molecule has 0 aromatic carbocycles. The zero-order valence-electron chi connectivity index (χ0n) is 13.3. The highest BCUT2D eigenvalue weighted by Gasteiger charge is 2.65. The number of hydrogen-bond donors (Lipinski definition) is 1. The maximum Gasteiger partial charge on any atom is 0.310 e. The second kappa shape index (κ2) is 4.17. The molecule has 0 aromatic heterocycles. The van der Waals surface area contributed by atoms with Crippen molar-refractivity contribution in [1.29, 1.82) is 0 Å². The number of fused-ring (bicyclic) bond motifs is 2. The van der Waals surface area contributed by atoms with E-state index in [4.69, 9.17) is 4.74 Å². The van der Waals surface area contributed by atoms with Crippen LogP contribution in [0, 0.1) is 35.5 Å². The van der Waals surface area contributed by atoms with Crippen molar-refractivity contribution in [3.05, 3.63) is 12.2 Å². The van der Waals surface area contributed by atoms with Crippen LogP contribution in [0.5, 0.6) is 0 Å². The van der Waals surface area contributed by atoms with Gasteiger partial charge in [-0.1, -0.05) is 12.2 Å². The monoisotopic (exact) mass is 302 g/mol. The van der Waals surface area contributed by atoms with Gasteiger partial charge in [0.2, 0.25) is 0 Å². The van der Waals surface area contributed by atoms with Gasteiger partial charge in [0.05, 0.1) is 5.92 Å². The molecule has 6 atom stereocenters. The van der Waals surface area contributed by atoms with E-state index in [0.717, 1.165) is 38.5 Å². The predicted molar refractivity (Wildman–Crippen MR) is 81.8 cm³/mol. The van der Waals surface area contributed by atoms with Crippen molar-refractivity contribution in [2.24, 2.45) is 35.5 Å². The number of carbonyl (C=O) groups is 1. The van der Waals surface area contributed by atoms with E-state index in [2.05, 4.69) is 12.2 Å². The molecule has 22 heavy (non-hydrogen) atoms. The molecule has 0 aliphatic heterocycles. The van der Waals surface area contributed by atoms with Crippen LogP contribution in [0.1, 0.15) is 51.9 Å². The Labute approximate surface area is 132 Å². The second-order valence-electron chi connectivity index (χ2n) is 8.99. The predicted octanol–water partition coefficient (Wildman–Crippen LogP) is 3.07. The number of rotatable bonds is 2.